The van der Waals surface area contributed by atoms with Crippen molar-refractivity contribution >= 4 is 23.9 Å². The highest BCUT2D eigenvalue weighted by molar-refractivity contribution is 5.93. The number of rotatable bonds is 5. The number of hydrogen-bond acceptors (Lipinski definition) is 4. The van der Waals surface area contributed by atoms with Crippen molar-refractivity contribution in [2.75, 3.05) is 13.1 Å². The van der Waals surface area contributed by atoms with Gasteiger partial charge in [0, 0.05) is 19.0 Å². The first kappa shape index (κ1) is 25.9. The molecule has 1 aromatic carbocycles. The van der Waals surface area contributed by atoms with E-state index < -0.39 is 42.0 Å². The molecule has 0 radical (unpaired) electrons. The van der Waals surface area contributed by atoms with Gasteiger partial charge in [0.1, 0.15) is 18.1 Å². The molecule has 0 aromatic heterocycles. The number of carboxylic acids is 1. The lowest BCUT2D eigenvalue weighted by Crippen LogP contribution is -2.55. The molecule has 1 aromatic rings. The molecule has 3 rings (SSSR count). The Bertz CT molecular complexity index is 803. The second-order valence-corrected chi connectivity index (χ2v) is 7.48. The molecular formula is C20H29N3O8. The smallest absolute Gasteiger partial charge is 0.408 e. The van der Waals surface area contributed by atoms with Crippen LogP contribution in [0.5, 0.6) is 0 Å². The lowest BCUT2D eigenvalue weighted by molar-refractivity contribution is -0.149. The van der Waals surface area contributed by atoms with E-state index in [4.69, 9.17) is 0 Å². The van der Waals surface area contributed by atoms with E-state index in [9.17, 15) is 29.4 Å². The Balaban J connectivity index is 0.00000240. The van der Waals surface area contributed by atoms with E-state index in [1.807, 2.05) is 30.3 Å². The van der Waals surface area contributed by atoms with Gasteiger partial charge in [-0.25, -0.2) is 9.59 Å². The second kappa shape index (κ2) is 10.7. The Kier molecular flexibility index (Phi) is 8.95. The predicted molar refractivity (Wildman–Crippen MR) is 110 cm³/mol. The highest BCUT2D eigenvalue weighted by atomic mass is 16.4. The summed E-state index contributed by atoms with van der Waals surface area (Å²) < 4.78 is 0. The maximum absolute atomic E-state index is 13.0. The van der Waals surface area contributed by atoms with E-state index in [1.165, 1.54) is 11.8 Å². The normalized spacial score (nSPS) is 23.3. The Labute approximate surface area is 179 Å². The molecule has 7 N–H and O–H groups in total. The fourth-order valence-electron chi connectivity index (χ4n) is 4.28. The van der Waals surface area contributed by atoms with Crippen molar-refractivity contribution in [2.45, 2.75) is 50.2 Å². The van der Waals surface area contributed by atoms with Crippen LogP contribution in [0.25, 0.3) is 0 Å². The van der Waals surface area contributed by atoms with E-state index in [2.05, 4.69) is 5.32 Å². The minimum Gasteiger partial charge on any atom is -0.480 e. The number of carbonyl (C=O) groups is 4. The summed E-state index contributed by atoms with van der Waals surface area (Å²) in [6, 6.07) is 6.44. The number of nitrogens with zero attached hydrogens (tertiary/aromatic N) is 2. The van der Waals surface area contributed by atoms with Crippen LogP contribution in [0.15, 0.2) is 30.3 Å². The standard InChI is InChI=1S/C20H25N3O6.2H2O/c1-12(18(25)22-10-5-8-15(22)19(26)27)21-17(24)16-14(9-11-23(16)20(28)29)13-6-3-2-4-7-13;;/h2-4,6-7,12,14-16H,5,8-11H2,1H3,(H,21,24)(H,26,27)(H,28,29);2*1H2/t12-,14?,15-,16-;;/m0../s1. The summed E-state index contributed by atoms with van der Waals surface area (Å²) in [6.07, 6.45) is 0.291. The third kappa shape index (κ3) is 5.30. The van der Waals surface area contributed by atoms with Gasteiger partial charge in [-0.2, -0.15) is 0 Å². The molecule has 2 fully saturated rings. The molecule has 2 heterocycles. The molecule has 31 heavy (non-hydrogen) atoms. The highest BCUT2D eigenvalue weighted by Crippen LogP contribution is 2.33. The molecule has 0 bridgehead atoms. The average molecular weight is 439 g/mol. The van der Waals surface area contributed by atoms with Crippen molar-refractivity contribution in [3.8, 4) is 0 Å². The molecule has 2 saturated heterocycles. The fraction of sp³-hybridized carbons (Fsp3) is 0.500. The molecule has 11 heteroatoms. The maximum Gasteiger partial charge on any atom is 0.408 e. The van der Waals surface area contributed by atoms with E-state index >= 15 is 0 Å². The zero-order valence-corrected chi connectivity index (χ0v) is 17.2. The Morgan fingerprint density at radius 3 is 2.23 bits per heavy atom. The van der Waals surface area contributed by atoms with Gasteiger partial charge in [-0.15, -0.1) is 0 Å². The van der Waals surface area contributed by atoms with Crippen LogP contribution in [-0.2, 0) is 14.4 Å². The number of likely N-dealkylation sites (tertiary alicyclic amines) is 2. The summed E-state index contributed by atoms with van der Waals surface area (Å²) in [4.78, 5) is 51.0. The quantitative estimate of drug-likeness (QED) is 0.551. The van der Waals surface area contributed by atoms with Crippen molar-refractivity contribution < 1.29 is 40.3 Å². The number of aliphatic carboxylic acids is 1. The van der Waals surface area contributed by atoms with Gasteiger partial charge in [0.2, 0.25) is 11.8 Å². The van der Waals surface area contributed by atoms with Crippen LogP contribution in [-0.4, -0.2) is 86.1 Å². The monoisotopic (exact) mass is 439 g/mol. The van der Waals surface area contributed by atoms with E-state index in [0.29, 0.717) is 25.8 Å². The first-order valence-electron chi connectivity index (χ1n) is 9.69. The molecule has 1 unspecified atom stereocenters. The minimum absolute atomic E-state index is 0. The minimum atomic E-state index is -1.19. The fourth-order valence-corrected chi connectivity index (χ4v) is 4.28. The van der Waals surface area contributed by atoms with Gasteiger partial charge in [-0.05, 0) is 31.7 Å². The second-order valence-electron chi connectivity index (χ2n) is 7.48. The predicted octanol–water partition coefficient (Wildman–Crippen LogP) is -0.547. The topological polar surface area (TPSA) is 190 Å². The Morgan fingerprint density at radius 1 is 1.00 bits per heavy atom. The van der Waals surface area contributed by atoms with Crippen LogP contribution in [0.3, 0.4) is 0 Å². The third-order valence-electron chi connectivity index (χ3n) is 5.69. The molecule has 0 aliphatic carbocycles. The summed E-state index contributed by atoms with van der Waals surface area (Å²) in [6.45, 7) is 2.05. The summed E-state index contributed by atoms with van der Waals surface area (Å²) >= 11 is 0. The van der Waals surface area contributed by atoms with Gasteiger partial charge >= 0.3 is 12.1 Å². The molecule has 172 valence electrons. The van der Waals surface area contributed by atoms with E-state index in [1.54, 1.807) is 0 Å². The zero-order valence-electron chi connectivity index (χ0n) is 17.2. The Hall–Kier alpha value is -3.18. The number of carboxylic acid groups (broad SMARTS) is 2. The zero-order chi connectivity index (χ0) is 21.1. The van der Waals surface area contributed by atoms with Crippen molar-refractivity contribution in [3.63, 3.8) is 0 Å². The van der Waals surface area contributed by atoms with Crippen molar-refractivity contribution in [3.05, 3.63) is 35.9 Å². The molecule has 0 saturated carbocycles. The van der Waals surface area contributed by atoms with Crippen LogP contribution in [0.1, 0.15) is 37.7 Å². The molecule has 2 aliphatic heterocycles. The summed E-state index contributed by atoms with van der Waals surface area (Å²) in [7, 11) is 0. The van der Waals surface area contributed by atoms with Crippen LogP contribution in [0, 0.1) is 0 Å². The van der Waals surface area contributed by atoms with Crippen LogP contribution in [0.2, 0.25) is 0 Å². The molecule has 3 amide bonds. The molecule has 4 atom stereocenters. The molecule has 11 nitrogen and oxygen atoms in total. The van der Waals surface area contributed by atoms with Gasteiger partial charge < -0.3 is 31.4 Å². The largest absolute Gasteiger partial charge is 0.480 e. The van der Waals surface area contributed by atoms with Crippen LogP contribution >= 0.6 is 0 Å². The summed E-state index contributed by atoms with van der Waals surface area (Å²) in [5, 5.41) is 21.4. The van der Waals surface area contributed by atoms with E-state index in [0.717, 1.165) is 10.5 Å². The van der Waals surface area contributed by atoms with Crippen molar-refractivity contribution in [1.29, 1.82) is 0 Å². The average Bonchev–Trinajstić information content (AvgIpc) is 3.35. The van der Waals surface area contributed by atoms with Crippen molar-refractivity contribution in [2.24, 2.45) is 0 Å². The van der Waals surface area contributed by atoms with Gasteiger partial charge in [0.05, 0.1) is 0 Å². The SMILES string of the molecule is C[C@H](NC(=O)[C@@H]1C(c2ccccc2)CCN1C(=O)O)C(=O)N1CCC[C@H]1C(=O)O.O.O. The molecule has 2 aliphatic rings. The van der Waals surface area contributed by atoms with Gasteiger partial charge in [0.15, 0.2) is 0 Å². The van der Waals surface area contributed by atoms with Gasteiger partial charge in [-0.3, -0.25) is 14.5 Å². The lowest BCUT2D eigenvalue weighted by atomic mass is 9.91. The number of nitrogens with one attached hydrogen (secondary N) is 1. The van der Waals surface area contributed by atoms with E-state index in [-0.39, 0.29) is 23.4 Å². The van der Waals surface area contributed by atoms with Crippen molar-refractivity contribution in [1.82, 2.24) is 15.1 Å². The maximum atomic E-state index is 13.0. The number of carbonyl (C=O) groups excluding carboxylic acids is 2. The first-order valence-corrected chi connectivity index (χ1v) is 9.69. The van der Waals surface area contributed by atoms with Gasteiger partial charge in [0.25, 0.3) is 0 Å². The molecular weight excluding hydrogens is 410 g/mol. The first-order chi connectivity index (χ1) is 13.8. The number of benzene rings is 1. The third-order valence-corrected chi connectivity index (χ3v) is 5.69. The lowest BCUT2D eigenvalue weighted by Gasteiger charge is -2.29. The molecule has 0 spiro atoms. The van der Waals surface area contributed by atoms with Gasteiger partial charge in [-0.1, -0.05) is 30.3 Å². The van der Waals surface area contributed by atoms with Crippen LogP contribution in [0.4, 0.5) is 4.79 Å². The number of hydrogen-bond donors (Lipinski definition) is 3. The Morgan fingerprint density at radius 2 is 1.65 bits per heavy atom. The van der Waals surface area contributed by atoms with Crippen LogP contribution < -0.4 is 5.32 Å². The summed E-state index contributed by atoms with van der Waals surface area (Å²) in [5.74, 6) is -2.40. The highest BCUT2D eigenvalue weighted by Gasteiger charge is 2.44. The number of amides is 3. The summed E-state index contributed by atoms with van der Waals surface area (Å²) in [5.41, 5.74) is 0.862.